The molecule has 2 aromatic heterocycles. The summed E-state index contributed by atoms with van der Waals surface area (Å²) in [7, 11) is 0. The smallest absolute Gasteiger partial charge is 0.265 e. The summed E-state index contributed by atoms with van der Waals surface area (Å²) in [5, 5.41) is 0.969. The van der Waals surface area contributed by atoms with Crippen LogP contribution in [0, 0.1) is 20.8 Å². The number of hydrogen-bond donors (Lipinski definition) is 0. The molecule has 3 aliphatic rings. The van der Waals surface area contributed by atoms with Crippen LogP contribution in [0.5, 0.6) is 0 Å². The number of hydrogen-bond acceptors (Lipinski definition) is 5. The monoisotopic (exact) mass is 567 g/mol. The number of likely N-dealkylation sites (tertiary alicyclic amines) is 1. The van der Waals surface area contributed by atoms with Crippen LogP contribution in [-0.2, 0) is 5.41 Å². The predicted octanol–water partition coefficient (Wildman–Crippen LogP) is 6.85. The van der Waals surface area contributed by atoms with Crippen molar-refractivity contribution < 1.29 is 4.79 Å². The van der Waals surface area contributed by atoms with Crippen molar-refractivity contribution in [1.82, 2.24) is 24.3 Å². The maximum atomic E-state index is 13.4. The lowest BCUT2D eigenvalue weighted by Gasteiger charge is -2.45. The molecule has 41 heavy (non-hydrogen) atoms. The molecule has 3 atom stereocenters. The quantitative estimate of drug-likeness (QED) is 0.256. The number of benzene rings is 2. The number of fused-ring (bicyclic) bond motifs is 3. The summed E-state index contributed by atoms with van der Waals surface area (Å²) in [6.45, 7) is 8.88. The molecule has 2 aromatic carbocycles. The Kier molecular flexibility index (Phi) is 6.98. The maximum Gasteiger partial charge on any atom is 0.265 e. The van der Waals surface area contributed by atoms with Crippen LogP contribution >= 0.6 is 11.3 Å². The number of imidazole rings is 1. The predicted molar refractivity (Wildman–Crippen MR) is 166 cm³/mol. The van der Waals surface area contributed by atoms with Crippen LogP contribution in [0.1, 0.15) is 82.7 Å². The van der Waals surface area contributed by atoms with Crippen molar-refractivity contribution in [2.24, 2.45) is 0 Å². The molecule has 2 bridgehead atoms. The van der Waals surface area contributed by atoms with Crippen LogP contribution in [0.3, 0.4) is 0 Å². The number of aromatic nitrogens is 3. The third-order valence-electron chi connectivity index (χ3n) is 10.3. The number of rotatable bonds is 6. The topological polar surface area (TPSA) is 54.3 Å². The Morgan fingerprint density at radius 3 is 2.27 bits per heavy atom. The standard InChI is InChI=1S/C34H41N5OS/c1-23-32(41-25(3)35-23)33(40)37-18-15-34(16-19-37,26-9-5-4-6-10-26)17-20-38-27-13-14-28(38)22-29(21-27)39-24(2)36-30-11-7-8-12-31(30)39/h4-12,27-29H,13-22H2,1-3H3/t27-,28+,29?. The zero-order valence-electron chi connectivity index (χ0n) is 24.6. The first-order chi connectivity index (χ1) is 19.9. The van der Waals surface area contributed by atoms with Gasteiger partial charge in [-0.1, -0.05) is 42.5 Å². The molecule has 0 spiro atoms. The van der Waals surface area contributed by atoms with E-state index in [1.807, 2.05) is 13.8 Å². The minimum atomic E-state index is 0.115. The van der Waals surface area contributed by atoms with Crippen LogP contribution in [0.4, 0.5) is 0 Å². The molecule has 0 N–H and O–H groups in total. The molecule has 3 saturated heterocycles. The molecule has 0 radical (unpaired) electrons. The summed E-state index contributed by atoms with van der Waals surface area (Å²) in [4.78, 5) is 28.5. The van der Waals surface area contributed by atoms with E-state index >= 15 is 0 Å². The maximum absolute atomic E-state index is 13.4. The van der Waals surface area contributed by atoms with Gasteiger partial charge in [0.2, 0.25) is 0 Å². The molecule has 0 aliphatic carbocycles. The second-order valence-electron chi connectivity index (χ2n) is 12.6. The molecule has 1 unspecified atom stereocenters. The van der Waals surface area contributed by atoms with E-state index in [4.69, 9.17) is 4.98 Å². The summed E-state index contributed by atoms with van der Waals surface area (Å²) in [6, 6.07) is 21.6. The fourth-order valence-corrected chi connectivity index (χ4v) is 9.16. The van der Waals surface area contributed by atoms with Gasteiger partial charge in [0.25, 0.3) is 5.91 Å². The third kappa shape index (κ3) is 4.81. The second-order valence-corrected chi connectivity index (χ2v) is 13.8. The molecule has 1 amide bonds. The van der Waals surface area contributed by atoms with Gasteiger partial charge in [0.15, 0.2) is 0 Å². The first-order valence-electron chi connectivity index (χ1n) is 15.4. The van der Waals surface area contributed by atoms with E-state index in [1.54, 1.807) is 0 Å². The van der Waals surface area contributed by atoms with Gasteiger partial charge in [-0.15, -0.1) is 11.3 Å². The van der Waals surface area contributed by atoms with Gasteiger partial charge in [0.1, 0.15) is 10.7 Å². The van der Waals surface area contributed by atoms with Crippen molar-refractivity contribution in [3.63, 3.8) is 0 Å². The molecule has 3 fully saturated rings. The number of para-hydroxylation sites is 2. The van der Waals surface area contributed by atoms with Gasteiger partial charge < -0.3 is 9.47 Å². The lowest BCUT2D eigenvalue weighted by molar-refractivity contribution is 0.0610. The fourth-order valence-electron chi connectivity index (χ4n) is 8.28. The molecule has 4 aromatic rings. The lowest BCUT2D eigenvalue weighted by atomic mass is 9.70. The average Bonchev–Trinajstić information content (AvgIpc) is 3.59. The highest BCUT2D eigenvalue weighted by molar-refractivity contribution is 7.13. The van der Waals surface area contributed by atoms with Gasteiger partial charge >= 0.3 is 0 Å². The largest absolute Gasteiger partial charge is 0.338 e. The number of carbonyl (C=O) groups is 1. The first-order valence-corrected chi connectivity index (χ1v) is 16.2. The second kappa shape index (κ2) is 10.7. The minimum Gasteiger partial charge on any atom is -0.338 e. The van der Waals surface area contributed by atoms with Gasteiger partial charge in [-0.2, -0.15) is 0 Å². The van der Waals surface area contributed by atoms with E-state index in [0.717, 1.165) is 65.8 Å². The summed E-state index contributed by atoms with van der Waals surface area (Å²) >= 11 is 1.53. The summed E-state index contributed by atoms with van der Waals surface area (Å²) in [5.41, 5.74) is 4.84. The Bertz CT molecular complexity index is 1540. The Morgan fingerprint density at radius 1 is 0.902 bits per heavy atom. The summed E-state index contributed by atoms with van der Waals surface area (Å²) < 4.78 is 2.53. The molecular weight excluding hydrogens is 526 g/mol. The number of amides is 1. The van der Waals surface area contributed by atoms with Crippen molar-refractivity contribution in [2.75, 3.05) is 19.6 Å². The number of nitrogens with zero attached hydrogens (tertiary/aromatic N) is 5. The molecule has 214 valence electrons. The van der Waals surface area contributed by atoms with E-state index in [-0.39, 0.29) is 11.3 Å². The third-order valence-corrected chi connectivity index (χ3v) is 11.4. The molecule has 7 rings (SSSR count). The van der Waals surface area contributed by atoms with Crippen molar-refractivity contribution in [3.8, 4) is 0 Å². The van der Waals surface area contributed by atoms with Crippen molar-refractivity contribution in [3.05, 3.63) is 81.6 Å². The highest BCUT2D eigenvalue weighted by atomic mass is 32.1. The van der Waals surface area contributed by atoms with Crippen molar-refractivity contribution in [2.45, 2.75) is 89.3 Å². The van der Waals surface area contributed by atoms with Gasteiger partial charge in [0, 0.05) is 31.2 Å². The Balaban J connectivity index is 1.07. The van der Waals surface area contributed by atoms with E-state index < -0.39 is 0 Å². The first kappa shape index (κ1) is 26.8. The lowest BCUT2D eigenvalue weighted by Crippen LogP contribution is -2.49. The Hall–Kier alpha value is -3.03. The van der Waals surface area contributed by atoms with Gasteiger partial charge in [-0.3, -0.25) is 9.69 Å². The molecule has 3 aliphatic heterocycles. The minimum absolute atomic E-state index is 0.115. The van der Waals surface area contributed by atoms with E-state index in [2.05, 4.69) is 80.9 Å². The molecule has 5 heterocycles. The van der Waals surface area contributed by atoms with Crippen LogP contribution < -0.4 is 0 Å². The average molecular weight is 568 g/mol. The zero-order chi connectivity index (χ0) is 28.1. The fraction of sp³-hybridized carbons (Fsp3) is 0.500. The van der Waals surface area contributed by atoms with Gasteiger partial charge in [-0.25, -0.2) is 9.97 Å². The van der Waals surface area contributed by atoms with Crippen LogP contribution in [0.15, 0.2) is 54.6 Å². The van der Waals surface area contributed by atoms with E-state index in [9.17, 15) is 4.79 Å². The normalized spacial score (nSPS) is 24.3. The Labute approximate surface area is 247 Å². The SMILES string of the molecule is Cc1nc(C)c(C(=O)N2CCC(CCN3[C@@H]4CC[C@H]3CC(n3c(C)nc5ccccc53)C4)(c3ccccc3)CC2)s1. The molecule has 6 nitrogen and oxygen atoms in total. The number of piperidine rings is 2. The van der Waals surface area contributed by atoms with E-state index in [1.165, 1.54) is 48.1 Å². The van der Waals surface area contributed by atoms with Crippen LogP contribution in [0.2, 0.25) is 0 Å². The van der Waals surface area contributed by atoms with Crippen molar-refractivity contribution >= 4 is 28.3 Å². The summed E-state index contributed by atoms with van der Waals surface area (Å²) in [6.07, 6.45) is 8.24. The van der Waals surface area contributed by atoms with E-state index in [0.29, 0.717) is 18.1 Å². The van der Waals surface area contributed by atoms with Gasteiger partial charge in [-0.05, 0) is 95.4 Å². The number of carbonyl (C=O) groups excluding carboxylic acids is 1. The summed E-state index contributed by atoms with van der Waals surface area (Å²) in [5.74, 6) is 1.31. The Morgan fingerprint density at radius 2 is 1.59 bits per heavy atom. The van der Waals surface area contributed by atoms with Crippen molar-refractivity contribution in [1.29, 1.82) is 0 Å². The molecule has 7 heteroatoms. The highest BCUT2D eigenvalue weighted by Crippen LogP contribution is 2.45. The number of aryl methyl sites for hydroxylation is 3. The van der Waals surface area contributed by atoms with Crippen LogP contribution in [-0.4, -0.2) is 62.0 Å². The van der Waals surface area contributed by atoms with Crippen LogP contribution in [0.25, 0.3) is 11.0 Å². The highest BCUT2D eigenvalue weighted by Gasteiger charge is 2.44. The molecule has 0 saturated carbocycles. The number of thiazole rings is 1. The zero-order valence-corrected chi connectivity index (χ0v) is 25.4. The molecular formula is C34H41N5OS. The van der Waals surface area contributed by atoms with Gasteiger partial charge in [0.05, 0.1) is 21.7 Å².